The summed E-state index contributed by atoms with van der Waals surface area (Å²) in [5, 5.41) is 6.24. The summed E-state index contributed by atoms with van der Waals surface area (Å²) in [7, 11) is 0. The molecule has 40 heavy (non-hydrogen) atoms. The number of anilines is 3. The zero-order valence-corrected chi connectivity index (χ0v) is 20.2. The van der Waals surface area contributed by atoms with E-state index in [1.165, 1.54) is 30.5 Å². The van der Waals surface area contributed by atoms with Gasteiger partial charge in [-0.2, -0.15) is 33.2 Å². The maximum absolute atomic E-state index is 14.6. The molecule has 0 amide bonds. The highest BCUT2D eigenvalue weighted by molar-refractivity contribution is 6.33. The largest absolute Gasteiger partial charge is 0.573 e. The van der Waals surface area contributed by atoms with E-state index in [2.05, 4.69) is 35.5 Å². The Morgan fingerprint density at radius 1 is 0.825 bits per heavy atom. The fraction of sp³-hybridized carbons (Fsp3) is 0.0833. The van der Waals surface area contributed by atoms with Crippen LogP contribution in [0.2, 0.25) is 5.02 Å². The number of rotatable bonds is 7. The van der Waals surface area contributed by atoms with Crippen LogP contribution in [-0.2, 0) is 6.18 Å². The fourth-order valence-corrected chi connectivity index (χ4v) is 3.42. The predicted octanol–water partition coefficient (Wildman–Crippen LogP) is 7.58. The Morgan fingerprint density at radius 3 is 2.17 bits per heavy atom. The maximum atomic E-state index is 14.6. The van der Waals surface area contributed by atoms with Gasteiger partial charge in [-0.15, -0.1) is 13.2 Å². The smallest absolute Gasteiger partial charge is 0.406 e. The van der Waals surface area contributed by atoms with E-state index in [1.807, 2.05) is 0 Å². The molecule has 16 heteroatoms. The van der Waals surface area contributed by atoms with Crippen LogP contribution in [0.3, 0.4) is 0 Å². The molecule has 0 aliphatic carbocycles. The number of alkyl halides is 6. The average Bonchev–Trinajstić information content (AvgIpc) is 2.85. The van der Waals surface area contributed by atoms with E-state index in [-0.39, 0.29) is 34.0 Å². The molecule has 208 valence electrons. The van der Waals surface area contributed by atoms with Crippen LogP contribution >= 0.6 is 11.6 Å². The van der Waals surface area contributed by atoms with Crippen LogP contribution in [0.1, 0.15) is 11.1 Å². The van der Waals surface area contributed by atoms with Gasteiger partial charge in [0, 0.05) is 5.69 Å². The molecule has 0 fully saturated rings. The van der Waals surface area contributed by atoms with E-state index < -0.39 is 35.5 Å². The molecule has 0 saturated heterocycles. The monoisotopic (exact) mass is 588 g/mol. The molecule has 1 aromatic heterocycles. The summed E-state index contributed by atoms with van der Waals surface area (Å²) < 4.78 is 108. The molecule has 1 heterocycles. The summed E-state index contributed by atoms with van der Waals surface area (Å²) >= 11 is 6.10. The Morgan fingerprint density at radius 2 is 1.52 bits per heavy atom. The molecule has 3 aromatic carbocycles. The highest BCUT2D eigenvalue weighted by atomic mass is 35.5. The van der Waals surface area contributed by atoms with Gasteiger partial charge in [0.2, 0.25) is 11.9 Å². The summed E-state index contributed by atoms with van der Waals surface area (Å²) in [6.45, 7) is 0. The van der Waals surface area contributed by atoms with Gasteiger partial charge in [0.25, 0.3) is 0 Å². The van der Waals surface area contributed by atoms with Crippen LogP contribution in [-0.4, -0.2) is 27.5 Å². The number of hydrogen-bond donors (Lipinski definition) is 2. The molecule has 0 saturated carbocycles. The summed E-state index contributed by atoms with van der Waals surface area (Å²) in [5.74, 6) is -3.80. The molecule has 0 atom stereocenters. The van der Waals surface area contributed by atoms with Crippen LogP contribution in [0.5, 0.6) is 5.75 Å². The number of nitrogens with one attached hydrogen (secondary N) is 2. The number of ether oxygens (including phenoxy) is 1. The molecule has 0 unspecified atom stereocenters. The number of aromatic nitrogens is 3. The van der Waals surface area contributed by atoms with E-state index in [0.29, 0.717) is 17.7 Å². The molecule has 2 N–H and O–H groups in total. The lowest BCUT2D eigenvalue weighted by Gasteiger charge is -2.12. The van der Waals surface area contributed by atoms with Gasteiger partial charge in [0.1, 0.15) is 17.4 Å². The zero-order valence-electron chi connectivity index (χ0n) is 19.4. The van der Waals surface area contributed by atoms with Crippen molar-refractivity contribution in [2.75, 3.05) is 10.7 Å². The minimum atomic E-state index is -4.98. The fourth-order valence-electron chi connectivity index (χ4n) is 3.17. The summed E-state index contributed by atoms with van der Waals surface area (Å²) in [4.78, 5) is 12.0. The van der Waals surface area contributed by atoms with Crippen molar-refractivity contribution in [2.45, 2.75) is 12.5 Å². The lowest BCUT2D eigenvalue weighted by molar-refractivity contribution is -0.274. The Balaban J connectivity index is 1.64. The van der Waals surface area contributed by atoms with Gasteiger partial charge in [-0.05, 0) is 60.2 Å². The second kappa shape index (κ2) is 11.3. The van der Waals surface area contributed by atoms with Crippen LogP contribution < -0.4 is 15.5 Å². The van der Waals surface area contributed by atoms with Crippen LogP contribution in [0, 0.1) is 11.6 Å². The van der Waals surface area contributed by atoms with Gasteiger partial charge >= 0.3 is 12.5 Å². The molecule has 7 nitrogen and oxygen atoms in total. The quantitative estimate of drug-likeness (QED) is 0.132. The summed E-state index contributed by atoms with van der Waals surface area (Å²) in [5.41, 5.74) is 0.703. The van der Waals surface area contributed by atoms with Crippen molar-refractivity contribution in [2.24, 2.45) is 5.10 Å². The van der Waals surface area contributed by atoms with Gasteiger partial charge in [0.15, 0.2) is 5.82 Å². The summed E-state index contributed by atoms with van der Waals surface area (Å²) in [6, 6.07) is 10.5. The lowest BCUT2D eigenvalue weighted by atomic mass is 10.2. The Bertz CT molecular complexity index is 1520. The highest BCUT2D eigenvalue weighted by Crippen LogP contribution is 2.34. The minimum Gasteiger partial charge on any atom is -0.406 e. The van der Waals surface area contributed by atoms with Crippen molar-refractivity contribution in [1.29, 1.82) is 0 Å². The molecule has 0 bridgehead atoms. The van der Waals surface area contributed by atoms with Crippen LogP contribution in [0.15, 0.2) is 65.8 Å². The SMILES string of the molecule is Fc1ccc(Nc2nc(N/N=C\c3ccc(OC(F)(F)F)cc3)nc(-c3c(F)cccc3Cl)n2)cc1C(F)(F)F. The lowest BCUT2D eigenvalue weighted by Crippen LogP contribution is -2.17. The standard InChI is InChI=1S/C24H13ClF8N6O/c25-16-2-1-3-18(27)19(16)20-36-21(35-13-6-9-17(26)15(10-13)23(28,29)30)38-22(37-20)39-34-11-12-4-7-14(8-5-12)40-24(31,32)33/h1-11H,(H2,35,36,37,38,39)/b34-11-. The first-order valence-corrected chi connectivity index (χ1v) is 11.2. The summed E-state index contributed by atoms with van der Waals surface area (Å²) in [6.07, 6.45) is -8.66. The van der Waals surface area contributed by atoms with Gasteiger partial charge in [0.05, 0.1) is 22.4 Å². The normalized spacial score (nSPS) is 12.0. The number of hydrogen-bond acceptors (Lipinski definition) is 7. The van der Waals surface area contributed by atoms with E-state index in [9.17, 15) is 35.1 Å². The third-order valence-corrected chi connectivity index (χ3v) is 5.16. The second-order valence-electron chi connectivity index (χ2n) is 7.71. The predicted molar refractivity (Wildman–Crippen MR) is 129 cm³/mol. The average molecular weight is 589 g/mol. The van der Waals surface area contributed by atoms with E-state index >= 15 is 0 Å². The molecular weight excluding hydrogens is 576 g/mol. The third kappa shape index (κ3) is 7.31. The first kappa shape index (κ1) is 28.5. The molecule has 4 aromatic rings. The number of halogens is 9. The number of nitrogens with zero attached hydrogens (tertiary/aromatic N) is 4. The van der Waals surface area contributed by atoms with E-state index in [0.717, 1.165) is 24.3 Å². The second-order valence-corrected chi connectivity index (χ2v) is 8.11. The first-order valence-electron chi connectivity index (χ1n) is 10.8. The van der Waals surface area contributed by atoms with Crippen molar-refractivity contribution >= 4 is 35.4 Å². The van der Waals surface area contributed by atoms with Gasteiger partial charge < -0.3 is 10.1 Å². The van der Waals surface area contributed by atoms with Crippen molar-refractivity contribution < 1.29 is 39.9 Å². The van der Waals surface area contributed by atoms with Crippen molar-refractivity contribution in [3.63, 3.8) is 0 Å². The number of benzene rings is 3. The molecule has 0 aliphatic heterocycles. The van der Waals surface area contributed by atoms with E-state index in [4.69, 9.17) is 11.6 Å². The molecule has 4 rings (SSSR count). The minimum absolute atomic E-state index is 0.0890. The van der Waals surface area contributed by atoms with Gasteiger partial charge in [-0.3, -0.25) is 0 Å². The third-order valence-electron chi connectivity index (χ3n) is 4.84. The van der Waals surface area contributed by atoms with Crippen molar-refractivity contribution in [1.82, 2.24) is 15.0 Å². The highest BCUT2D eigenvalue weighted by Gasteiger charge is 2.34. The Kier molecular flexibility index (Phi) is 8.04. The molecular formula is C24H13ClF8N6O. The van der Waals surface area contributed by atoms with Crippen molar-refractivity contribution in [3.8, 4) is 17.1 Å². The maximum Gasteiger partial charge on any atom is 0.573 e. The van der Waals surface area contributed by atoms with Gasteiger partial charge in [-0.1, -0.05) is 17.7 Å². The zero-order chi connectivity index (χ0) is 29.1. The number of hydrazone groups is 1. The molecule has 0 aliphatic rings. The first-order chi connectivity index (χ1) is 18.8. The van der Waals surface area contributed by atoms with Crippen molar-refractivity contribution in [3.05, 3.63) is 88.4 Å². The topological polar surface area (TPSA) is 84.3 Å². The van der Waals surface area contributed by atoms with Crippen LogP contribution in [0.25, 0.3) is 11.4 Å². The van der Waals surface area contributed by atoms with Gasteiger partial charge in [-0.25, -0.2) is 14.2 Å². The molecule has 0 radical (unpaired) electrons. The van der Waals surface area contributed by atoms with Crippen LogP contribution in [0.4, 0.5) is 52.7 Å². The van der Waals surface area contributed by atoms with E-state index in [1.54, 1.807) is 0 Å². The Labute approximate surface area is 224 Å². The Hall–Kier alpha value is -4.53. The molecule has 0 spiro atoms.